The molecule has 1 aliphatic rings. The van der Waals surface area contributed by atoms with Gasteiger partial charge in [0, 0.05) is 6.08 Å². The average molecular weight is 158 g/mol. The summed E-state index contributed by atoms with van der Waals surface area (Å²) in [5.74, 6) is 0.197. The second kappa shape index (κ2) is 4.36. The number of nitrogens with zero attached hydrogens (tertiary/aromatic N) is 2. The zero-order chi connectivity index (χ0) is 8.81. The lowest BCUT2D eigenvalue weighted by Gasteiger charge is -2.18. The first-order valence-electron chi connectivity index (χ1n) is 4.01. The van der Waals surface area contributed by atoms with Gasteiger partial charge in [0.15, 0.2) is 0 Å². The molecule has 12 heavy (non-hydrogen) atoms. The van der Waals surface area contributed by atoms with Crippen molar-refractivity contribution in [3.05, 3.63) is 24.3 Å². The highest BCUT2D eigenvalue weighted by atomic mass is 14.3. The van der Waals surface area contributed by atoms with E-state index in [1.54, 1.807) is 0 Å². The van der Waals surface area contributed by atoms with Gasteiger partial charge in [-0.2, -0.15) is 10.5 Å². The zero-order valence-corrected chi connectivity index (χ0v) is 6.77. The van der Waals surface area contributed by atoms with Crippen LogP contribution in [-0.4, -0.2) is 0 Å². The summed E-state index contributed by atoms with van der Waals surface area (Å²) in [6.45, 7) is 0. The summed E-state index contributed by atoms with van der Waals surface area (Å²) in [7, 11) is 0. The number of nitriles is 2. The fourth-order valence-electron chi connectivity index (χ4n) is 1.38. The van der Waals surface area contributed by atoms with Crippen LogP contribution in [0.25, 0.3) is 0 Å². The van der Waals surface area contributed by atoms with Crippen molar-refractivity contribution in [3.8, 4) is 12.1 Å². The second-order valence-electron chi connectivity index (χ2n) is 2.81. The van der Waals surface area contributed by atoms with Gasteiger partial charge in [-0.3, -0.25) is 0 Å². The van der Waals surface area contributed by atoms with Crippen LogP contribution < -0.4 is 0 Å². The van der Waals surface area contributed by atoms with Gasteiger partial charge in [-0.25, -0.2) is 0 Å². The van der Waals surface area contributed by atoms with Crippen molar-refractivity contribution in [2.24, 2.45) is 11.8 Å². The van der Waals surface area contributed by atoms with Gasteiger partial charge in [0.05, 0.1) is 18.1 Å². The Morgan fingerprint density at radius 2 is 2.25 bits per heavy atom. The summed E-state index contributed by atoms with van der Waals surface area (Å²) < 4.78 is 0. The Labute approximate surface area is 72.4 Å². The van der Waals surface area contributed by atoms with Gasteiger partial charge in [-0.1, -0.05) is 18.2 Å². The minimum Gasteiger partial charge on any atom is -0.198 e. The molecule has 0 saturated carbocycles. The molecule has 2 atom stereocenters. The average Bonchev–Trinajstić information content (AvgIpc) is 2.15. The number of rotatable bonds is 1. The van der Waals surface area contributed by atoms with E-state index in [2.05, 4.69) is 6.07 Å². The van der Waals surface area contributed by atoms with Crippen LogP contribution in [-0.2, 0) is 0 Å². The molecule has 1 aliphatic carbocycles. The van der Waals surface area contributed by atoms with Gasteiger partial charge in [-0.15, -0.1) is 0 Å². The van der Waals surface area contributed by atoms with E-state index in [0.717, 1.165) is 12.8 Å². The van der Waals surface area contributed by atoms with Crippen molar-refractivity contribution in [1.82, 2.24) is 0 Å². The van der Waals surface area contributed by atoms with Gasteiger partial charge in [0.25, 0.3) is 0 Å². The van der Waals surface area contributed by atoms with Crippen molar-refractivity contribution in [3.63, 3.8) is 0 Å². The molecule has 0 spiro atoms. The van der Waals surface area contributed by atoms with Crippen LogP contribution in [0.5, 0.6) is 0 Å². The lowest BCUT2D eigenvalue weighted by molar-refractivity contribution is 0.504. The summed E-state index contributed by atoms with van der Waals surface area (Å²) in [5, 5.41) is 17.1. The molecule has 0 aliphatic heterocycles. The molecule has 0 fully saturated rings. The number of hydrogen-bond acceptors (Lipinski definition) is 2. The van der Waals surface area contributed by atoms with Crippen molar-refractivity contribution < 1.29 is 0 Å². The van der Waals surface area contributed by atoms with E-state index < -0.39 is 0 Å². The molecule has 1 rings (SSSR count). The van der Waals surface area contributed by atoms with Gasteiger partial charge >= 0.3 is 0 Å². The highest BCUT2D eigenvalue weighted by Gasteiger charge is 2.17. The van der Waals surface area contributed by atoms with Gasteiger partial charge in [-0.05, 0) is 18.8 Å². The maximum absolute atomic E-state index is 8.74. The summed E-state index contributed by atoms with van der Waals surface area (Å²) in [5.41, 5.74) is 0. The number of allylic oxidation sites excluding steroid dienone is 4. The van der Waals surface area contributed by atoms with E-state index in [1.807, 2.05) is 24.3 Å². The molecule has 0 bridgehead atoms. The summed E-state index contributed by atoms with van der Waals surface area (Å²) >= 11 is 0. The minimum atomic E-state index is -0.0386. The Morgan fingerprint density at radius 1 is 1.42 bits per heavy atom. The SMILES string of the molecule is N#CC=CC1CCC=CC1C#N. The Morgan fingerprint density at radius 3 is 2.92 bits per heavy atom. The third-order valence-electron chi connectivity index (χ3n) is 2.04. The molecule has 0 saturated heterocycles. The zero-order valence-electron chi connectivity index (χ0n) is 6.77. The quantitative estimate of drug-likeness (QED) is 0.433. The van der Waals surface area contributed by atoms with Crippen molar-refractivity contribution >= 4 is 0 Å². The molecule has 2 unspecified atom stereocenters. The van der Waals surface area contributed by atoms with Crippen LogP contribution in [0.1, 0.15) is 12.8 Å². The van der Waals surface area contributed by atoms with E-state index in [1.165, 1.54) is 6.08 Å². The molecule has 2 nitrogen and oxygen atoms in total. The molecule has 60 valence electrons. The molecule has 0 aromatic heterocycles. The van der Waals surface area contributed by atoms with Crippen molar-refractivity contribution in [2.75, 3.05) is 0 Å². The Kier molecular flexibility index (Phi) is 3.11. The van der Waals surface area contributed by atoms with Crippen LogP contribution in [0.15, 0.2) is 24.3 Å². The molecule has 0 heterocycles. The summed E-state index contributed by atoms with van der Waals surface area (Å²) in [6.07, 6.45) is 9.25. The lowest BCUT2D eigenvalue weighted by Crippen LogP contribution is -2.11. The minimum absolute atomic E-state index is 0.0386. The van der Waals surface area contributed by atoms with Crippen LogP contribution in [0.2, 0.25) is 0 Å². The van der Waals surface area contributed by atoms with Gasteiger partial charge in [0.1, 0.15) is 0 Å². The molecule has 0 amide bonds. The standard InChI is InChI=1S/C10H10N2/c11-7-3-6-9-4-1-2-5-10(9)8-12/h2-3,5-6,9-10H,1,4H2. The van der Waals surface area contributed by atoms with E-state index in [-0.39, 0.29) is 11.8 Å². The van der Waals surface area contributed by atoms with Gasteiger partial charge < -0.3 is 0 Å². The fourth-order valence-corrected chi connectivity index (χ4v) is 1.38. The molecule has 0 N–H and O–H groups in total. The third-order valence-corrected chi connectivity index (χ3v) is 2.04. The maximum Gasteiger partial charge on any atom is 0.0908 e. The lowest BCUT2D eigenvalue weighted by atomic mass is 9.85. The van der Waals surface area contributed by atoms with Crippen molar-refractivity contribution in [2.45, 2.75) is 12.8 Å². The highest BCUT2D eigenvalue weighted by molar-refractivity contribution is 5.14. The Balaban J connectivity index is 2.65. The summed E-state index contributed by atoms with van der Waals surface area (Å²) in [6, 6.07) is 4.16. The van der Waals surface area contributed by atoms with Crippen molar-refractivity contribution in [1.29, 1.82) is 10.5 Å². The largest absolute Gasteiger partial charge is 0.198 e. The predicted octanol–water partition coefficient (Wildman–Crippen LogP) is 2.17. The molecule has 2 heteroatoms. The number of hydrogen-bond donors (Lipinski definition) is 0. The first-order valence-corrected chi connectivity index (χ1v) is 4.01. The first kappa shape index (κ1) is 8.56. The van der Waals surface area contributed by atoms with E-state index >= 15 is 0 Å². The van der Waals surface area contributed by atoms with Crippen LogP contribution in [0, 0.1) is 34.5 Å². The topological polar surface area (TPSA) is 47.6 Å². The monoisotopic (exact) mass is 158 g/mol. The first-order chi connectivity index (χ1) is 5.88. The molecular formula is C10H10N2. The Bertz CT molecular complexity index is 275. The fraction of sp³-hybridized carbons (Fsp3) is 0.400. The predicted molar refractivity (Wildman–Crippen MR) is 45.7 cm³/mol. The maximum atomic E-state index is 8.74. The van der Waals surface area contributed by atoms with Gasteiger partial charge in [0.2, 0.25) is 0 Å². The summed E-state index contributed by atoms with van der Waals surface area (Å²) in [4.78, 5) is 0. The molecular weight excluding hydrogens is 148 g/mol. The van der Waals surface area contributed by atoms with Crippen LogP contribution >= 0.6 is 0 Å². The molecule has 0 aromatic carbocycles. The highest BCUT2D eigenvalue weighted by Crippen LogP contribution is 2.24. The normalized spacial score (nSPS) is 28.2. The smallest absolute Gasteiger partial charge is 0.0908 e. The van der Waals surface area contributed by atoms with E-state index in [4.69, 9.17) is 10.5 Å². The van der Waals surface area contributed by atoms with E-state index in [0.29, 0.717) is 0 Å². The van der Waals surface area contributed by atoms with Crippen LogP contribution in [0.3, 0.4) is 0 Å². The Hall–Kier alpha value is -1.54. The molecule has 0 aromatic rings. The molecule has 0 radical (unpaired) electrons. The third kappa shape index (κ3) is 1.97. The second-order valence-corrected chi connectivity index (χ2v) is 2.81. The van der Waals surface area contributed by atoms with E-state index in [9.17, 15) is 0 Å². The van der Waals surface area contributed by atoms with Crippen LogP contribution in [0.4, 0.5) is 0 Å².